The number of sulfone groups is 1. The minimum atomic E-state index is -3.50. The van der Waals surface area contributed by atoms with Crippen molar-refractivity contribution in [2.24, 2.45) is 28.0 Å². The molecule has 4 atom stereocenters. The predicted octanol–water partition coefficient (Wildman–Crippen LogP) is 2.75. The second-order valence-electron chi connectivity index (χ2n) is 5.99. The standard InChI is InChI=1S/C15H16N2O2S/c1-10-2-6-13(7-3-10)20(18,19)15-12-5-4-11(8-12)14(15)9-16-17-15/h2-7,11-12,14H,8-9H2,1H3/t11-,12+,14+,15+/m0/s1. The zero-order valence-corrected chi connectivity index (χ0v) is 12.0. The molecule has 4 rings (SSSR count). The van der Waals surface area contributed by atoms with E-state index in [9.17, 15) is 8.42 Å². The second kappa shape index (κ2) is 3.79. The van der Waals surface area contributed by atoms with E-state index >= 15 is 0 Å². The Morgan fingerprint density at radius 3 is 2.70 bits per heavy atom. The van der Waals surface area contributed by atoms with Gasteiger partial charge in [0.1, 0.15) is 0 Å². The predicted molar refractivity (Wildman–Crippen MR) is 75.0 cm³/mol. The van der Waals surface area contributed by atoms with Gasteiger partial charge in [0, 0.05) is 11.8 Å². The lowest BCUT2D eigenvalue weighted by molar-refractivity contribution is 0.385. The summed E-state index contributed by atoms with van der Waals surface area (Å²) in [7, 11) is -3.50. The van der Waals surface area contributed by atoms with Crippen LogP contribution in [0, 0.1) is 24.7 Å². The van der Waals surface area contributed by atoms with Crippen LogP contribution in [0.15, 0.2) is 51.5 Å². The highest BCUT2D eigenvalue weighted by atomic mass is 32.2. The zero-order chi connectivity index (χ0) is 14.0. The molecule has 0 spiro atoms. The van der Waals surface area contributed by atoms with Crippen molar-refractivity contribution in [3.63, 3.8) is 0 Å². The third-order valence-electron chi connectivity index (χ3n) is 4.96. The molecular weight excluding hydrogens is 272 g/mol. The Kier molecular flexibility index (Phi) is 2.32. The van der Waals surface area contributed by atoms with Crippen LogP contribution in [0.4, 0.5) is 0 Å². The van der Waals surface area contributed by atoms with E-state index < -0.39 is 14.7 Å². The van der Waals surface area contributed by atoms with Gasteiger partial charge >= 0.3 is 0 Å². The van der Waals surface area contributed by atoms with Crippen molar-refractivity contribution in [3.05, 3.63) is 42.0 Å². The maximum atomic E-state index is 13.2. The van der Waals surface area contributed by atoms with Gasteiger partial charge in [0.2, 0.25) is 9.84 Å². The molecule has 4 nitrogen and oxygen atoms in total. The van der Waals surface area contributed by atoms with E-state index in [0.717, 1.165) is 12.0 Å². The van der Waals surface area contributed by atoms with Gasteiger partial charge in [0.05, 0.1) is 11.4 Å². The van der Waals surface area contributed by atoms with Crippen LogP contribution in [-0.2, 0) is 9.84 Å². The van der Waals surface area contributed by atoms with Crippen LogP contribution >= 0.6 is 0 Å². The fourth-order valence-electron chi connectivity index (χ4n) is 3.93. The lowest BCUT2D eigenvalue weighted by atomic mass is 9.90. The Labute approximate surface area is 118 Å². The van der Waals surface area contributed by atoms with Crippen molar-refractivity contribution in [2.75, 3.05) is 6.54 Å². The summed E-state index contributed by atoms with van der Waals surface area (Å²) in [6, 6.07) is 7.07. The molecule has 1 heterocycles. The van der Waals surface area contributed by atoms with Crippen LogP contribution in [0.3, 0.4) is 0 Å². The summed E-state index contributed by atoms with van der Waals surface area (Å²) >= 11 is 0. The number of benzene rings is 1. The fourth-order valence-corrected chi connectivity index (χ4v) is 6.18. The van der Waals surface area contributed by atoms with Gasteiger partial charge in [-0.1, -0.05) is 29.8 Å². The Morgan fingerprint density at radius 1 is 1.20 bits per heavy atom. The van der Waals surface area contributed by atoms with Gasteiger partial charge in [-0.2, -0.15) is 10.2 Å². The van der Waals surface area contributed by atoms with Crippen LogP contribution in [0.5, 0.6) is 0 Å². The third kappa shape index (κ3) is 1.29. The number of rotatable bonds is 2. The van der Waals surface area contributed by atoms with Crippen LogP contribution in [0.25, 0.3) is 0 Å². The zero-order valence-electron chi connectivity index (χ0n) is 11.2. The molecule has 5 heteroatoms. The summed E-state index contributed by atoms with van der Waals surface area (Å²) in [5.41, 5.74) is 1.05. The molecule has 0 aromatic heterocycles. The summed E-state index contributed by atoms with van der Waals surface area (Å²) in [6.45, 7) is 2.49. The van der Waals surface area contributed by atoms with Gasteiger partial charge in [0.15, 0.2) is 4.87 Å². The normalized spacial score (nSPS) is 37.5. The summed E-state index contributed by atoms with van der Waals surface area (Å²) in [5.74, 6) is 0.314. The summed E-state index contributed by atoms with van der Waals surface area (Å²) < 4.78 is 26.3. The van der Waals surface area contributed by atoms with Crippen molar-refractivity contribution in [1.29, 1.82) is 0 Å². The molecule has 0 N–H and O–H groups in total. The minimum absolute atomic E-state index is 0.0174. The lowest BCUT2D eigenvalue weighted by Crippen LogP contribution is -2.45. The first-order valence-electron chi connectivity index (χ1n) is 6.94. The van der Waals surface area contributed by atoms with Gasteiger partial charge in [-0.15, -0.1) is 0 Å². The first kappa shape index (κ1) is 12.3. The molecule has 0 amide bonds. The molecule has 0 saturated heterocycles. The summed E-state index contributed by atoms with van der Waals surface area (Å²) in [4.78, 5) is -0.670. The van der Waals surface area contributed by atoms with E-state index in [0.29, 0.717) is 17.4 Å². The number of nitrogens with zero attached hydrogens (tertiary/aromatic N) is 2. The molecule has 20 heavy (non-hydrogen) atoms. The average molecular weight is 288 g/mol. The average Bonchev–Trinajstić information content (AvgIpc) is 3.12. The molecule has 1 aliphatic heterocycles. The number of aryl methyl sites for hydroxylation is 1. The Balaban J connectivity index is 1.89. The number of hydrogen-bond acceptors (Lipinski definition) is 4. The highest BCUT2D eigenvalue weighted by Gasteiger charge is 2.66. The molecule has 3 aliphatic rings. The van der Waals surface area contributed by atoms with Crippen molar-refractivity contribution in [1.82, 2.24) is 0 Å². The van der Waals surface area contributed by atoms with E-state index in [1.807, 2.05) is 25.1 Å². The molecule has 2 aliphatic carbocycles. The smallest absolute Gasteiger partial charge is 0.206 e. The quantitative estimate of drug-likeness (QED) is 0.786. The maximum Gasteiger partial charge on any atom is 0.206 e. The first-order valence-corrected chi connectivity index (χ1v) is 8.42. The van der Waals surface area contributed by atoms with Crippen LogP contribution < -0.4 is 0 Å². The van der Waals surface area contributed by atoms with Gasteiger partial charge < -0.3 is 0 Å². The maximum absolute atomic E-state index is 13.2. The molecule has 2 bridgehead atoms. The van der Waals surface area contributed by atoms with Crippen LogP contribution in [0.2, 0.25) is 0 Å². The molecule has 0 radical (unpaired) electrons. The van der Waals surface area contributed by atoms with Gasteiger partial charge in [0.25, 0.3) is 0 Å². The fraction of sp³-hybridized carbons (Fsp3) is 0.467. The number of allylic oxidation sites excluding steroid dienone is 1. The molecule has 1 aromatic carbocycles. The van der Waals surface area contributed by atoms with E-state index in [1.54, 1.807) is 12.1 Å². The minimum Gasteiger partial charge on any atom is -0.221 e. The molecule has 1 aromatic rings. The SMILES string of the molecule is Cc1ccc(S(=O)(=O)[C@@]23N=NC[C@@H]2[C@H]2C=C[C@@H]3C2)cc1. The monoisotopic (exact) mass is 288 g/mol. The molecule has 1 saturated carbocycles. The highest BCUT2D eigenvalue weighted by Crippen LogP contribution is 2.59. The van der Waals surface area contributed by atoms with E-state index in [-0.39, 0.29) is 11.8 Å². The van der Waals surface area contributed by atoms with Crippen LogP contribution in [0.1, 0.15) is 12.0 Å². The molecular formula is C15H16N2O2S. The van der Waals surface area contributed by atoms with Gasteiger partial charge in [-0.25, -0.2) is 8.42 Å². The Morgan fingerprint density at radius 2 is 1.95 bits per heavy atom. The highest BCUT2D eigenvalue weighted by molar-refractivity contribution is 7.92. The number of hydrogen-bond donors (Lipinski definition) is 0. The first-order chi connectivity index (χ1) is 9.55. The lowest BCUT2D eigenvalue weighted by Gasteiger charge is -2.32. The Hall–Kier alpha value is -1.49. The van der Waals surface area contributed by atoms with Crippen molar-refractivity contribution < 1.29 is 8.42 Å². The Bertz CT molecular complexity index is 721. The largest absolute Gasteiger partial charge is 0.221 e. The van der Waals surface area contributed by atoms with Crippen molar-refractivity contribution in [3.8, 4) is 0 Å². The van der Waals surface area contributed by atoms with E-state index in [1.165, 1.54) is 0 Å². The van der Waals surface area contributed by atoms with Gasteiger partial charge in [-0.05, 0) is 31.4 Å². The van der Waals surface area contributed by atoms with Crippen molar-refractivity contribution >= 4 is 9.84 Å². The van der Waals surface area contributed by atoms with Crippen molar-refractivity contribution in [2.45, 2.75) is 23.1 Å². The van der Waals surface area contributed by atoms with E-state index in [4.69, 9.17) is 0 Å². The third-order valence-corrected chi connectivity index (χ3v) is 7.40. The molecule has 1 fully saturated rings. The van der Waals surface area contributed by atoms with Gasteiger partial charge in [-0.3, -0.25) is 0 Å². The topological polar surface area (TPSA) is 58.9 Å². The summed E-state index contributed by atoms with van der Waals surface area (Å²) in [5, 5.41) is 8.36. The number of fused-ring (bicyclic) bond motifs is 5. The molecule has 0 unspecified atom stereocenters. The van der Waals surface area contributed by atoms with E-state index in [2.05, 4.69) is 16.3 Å². The molecule has 104 valence electrons. The van der Waals surface area contributed by atoms with Crippen LogP contribution in [-0.4, -0.2) is 19.8 Å². The second-order valence-corrected chi connectivity index (χ2v) is 8.12. The summed E-state index contributed by atoms with van der Waals surface area (Å²) in [6.07, 6.45) is 5.07. The number of azo groups is 1.